The van der Waals surface area contributed by atoms with Gasteiger partial charge >= 0.3 is 0 Å². The summed E-state index contributed by atoms with van der Waals surface area (Å²) >= 11 is 6.66. The van der Waals surface area contributed by atoms with Crippen molar-refractivity contribution in [2.75, 3.05) is 13.1 Å². The Hall–Kier alpha value is -2.91. The Morgan fingerprint density at radius 3 is 3.00 bits per heavy atom. The normalized spacial score (nSPS) is 15.5. The molecule has 2 N–H and O–H groups in total. The number of thiocarbonyl (C=S) groups is 1. The zero-order valence-corrected chi connectivity index (χ0v) is 18.1. The van der Waals surface area contributed by atoms with Crippen molar-refractivity contribution >= 4 is 57.1 Å². The maximum atomic E-state index is 12.8. The highest BCUT2D eigenvalue weighted by Crippen LogP contribution is 2.34. The summed E-state index contributed by atoms with van der Waals surface area (Å²) in [6.45, 7) is 0.786. The molecule has 1 aliphatic rings. The quantitative estimate of drug-likeness (QED) is 0.437. The molecule has 0 aliphatic carbocycles. The molecule has 0 spiro atoms. The van der Waals surface area contributed by atoms with E-state index in [1.807, 2.05) is 48.2 Å². The second-order valence-corrected chi connectivity index (χ2v) is 8.65. The van der Waals surface area contributed by atoms with Gasteiger partial charge in [0.2, 0.25) is 5.91 Å². The van der Waals surface area contributed by atoms with Crippen LogP contribution >= 0.6 is 24.0 Å². The summed E-state index contributed by atoms with van der Waals surface area (Å²) in [5.74, 6) is -0.259. The predicted molar refractivity (Wildman–Crippen MR) is 123 cm³/mol. The van der Waals surface area contributed by atoms with Crippen LogP contribution in [0.4, 0.5) is 0 Å². The van der Waals surface area contributed by atoms with Crippen LogP contribution in [0.3, 0.4) is 0 Å². The van der Waals surface area contributed by atoms with Crippen molar-refractivity contribution in [3.63, 3.8) is 0 Å². The van der Waals surface area contributed by atoms with Gasteiger partial charge in [-0.3, -0.25) is 14.5 Å². The number of aromatic amines is 1. The van der Waals surface area contributed by atoms with E-state index < -0.39 is 0 Å². The third-order valence-electron chi connectivity index (χ3n) is 4.92. The summed E-state index contributed by atoms with van der Waals surface area (Å²) in [5.41, 5.74) is 3.04. The lowest BCUT2D eigenvalue weighted by atomic mass is 10.1. The van der Waals surface area contributed by atoms with Crippen molar-refractivity contribution in [2.45, 2.75) is 12.8 Å². The highest BCUT2D eigenvalue weighted by Gasteiger charge is 2.32. The molecule has 0 bridgehead atoms. The number of para-hydroxylation sites is 1. The van der Waals surface area contributed by atoms with Crippen LogP contribution in [-0.2, 0) is 23.1 Å². The molecule has 0 atom stereocenters. The lowest BCUT2D eigenvalue weighted by Gasteiger charge is -2.14. The van der Waals surface area contributed by atoms with E-state index in [1.54, 1.807) is 12.5 Å². The number of rotatable bonds is 7. The first-order valence-corrected chi connectivity index (χ1v) is 10.8. The molecule has 2 amide bonds. The van der Waals surface area contributed by atoms with Crippen molar-refractivity contribution in [1.29, 1.82) is 0 Å². The van der Waals surface area contributed by atoms with Gasteiger partial charge in [-0.25, -0.2) is 4.98 Å². The summed E-state index contributed by atoms with van der Waals surface area (Å²) in [5, 5.41) is 3.94. The maximum Gasteiger partial charge on any atom is 0.266 e. The van der Waals surface area contributed by atoms with E-state index in [0.717, 1.165) is 22.2 Å². The number of aryl methyl sites for hydroxylation is 1. The van der Waals surface area contributed by atoms with E-state index in [9.17, 15) is 9.59 Å². The number of thioether (sulfide) groups is 1. The fraction of sp³-hybridized carbons (Fsp3) is 0.238. The first-order valence-electron chi connectivity index (χ1n) is 9.56. The number of nitrogens with zero attached hydrogens (tertiary/aromatic N) is 3. The largest absolute Gasteiger partial charge is 0.356 e. The lowest BCUT2D eigenvalue weighted by Crippen LogP contribution is -2.34. The minimum absolute atomic E-state index is 0.110. The molecule has 1 aromatic carbocycles. The van der Waals surface area contributed by atoms with Gasteiger partial charge in [0.25, 0.3) is 5.91 Å². The van der Waals surface area contributed by atoms with Crippen LogP contribution < -0.4 is 5.32 Å². The topological polar surface area (TPSA) is 83.0 Å². The Kier molecular flexibility index (Phi) is 6.01. The Morgan fingerprint density at radius 1 is 1.37 bits per heavy atom. The standard InChI is InChI=1S/C21H21N5O2S2/c1-25-12-14(16-4-2-3-5-17(16)25)10-18-20(28)26(21(29)30-18)9-7-19(27)23-8-6-15-11-22-13-24-15/h2-5,10-13H,6-9H2,1H3,(H,22,24)(H,23,27). The molecule has 1 saturated heterocycles. The van der Waals surface area contributed by atoms with Gasteiger partial charge in [0, 0.05) is 67.5 Å². The number of amides is 2. The lowest BCUT2D eigenvalue weighted by molar-refractivity contribution is -0.123. The molecule has 0 radical (unpaired) electrons. The number of H-pyrrole nitrogens is 1. The zero-order chi connectivity index (χ0) is 21.1. The third kappa shape index (κ3) is 4.31. The number of carbonyl (C=O) groups excluding carboxylic acids is 2. The Labute approximate surface area is 183 Å². The molecule has 3 aromatic rings. The van der Waals surface area contributed by atoms with Gasteiger partial charge < -0.3 is 14.9 Å². The van der Waals surface area contributed by atoms with Crippen LogP contribution in [0.25, 0.3) is 17.0 Å². The third-order valence-corrected chi connectivity index (χ3v) is 6.30. The number of hydrogen-bond acceptors (Lipinski definition) is 5. The summed E-state index contributed by atoms with van der Waals surface area (Å²) in [6, 6.07) is 8.06. The molecule has 9 heteroatoms. The van der Waals surface area contributed by atoms with Crippen molar-refractivity contribution in [3.05, 3.63) is 59.1 Å². The van der Waals surface area contributed by atoms with Crippen molar-refractivity contribution in [2.24, 2.45) is 7.05 Å². The fourth-order valence-corrected chi connectivity index (χ4v) is 4.68. The monoisotopic (exact) mass is 439 g/mol. The number of imidazole rings is 1. The zero-order valence-electron chi connectivity index (χ0n) is 16.4. The van der Waals surface area contributed by atoms with Gasteiger partial charge in [-0.2, -0.15) is 0 Å². The number of fused-ring (bicyclic) bond motifs is 1. The van der Waals surface area contributed by atoms with Gasteiger partial charge in [-0.15, -0.1) is 0 Å². The van der Waals surface area contributed by atoms with Crippen LogP contribution in [0.2, 0.25) is 0 Å². The van der Waals surface area contributed by atoms with E-state index in [4.69, 9.17) is 12.2 Å². The van der Waals surface area contributed by atoms with Crippen molar-refractivity contribution in [3.8, 4) is 0 Å². The second-order valence-electron chi connectivity index (χ2n) is 6.97. The summed E-state index contributed by atoms with van der Waals surface area (Å²) in [4.78, 5) is 34.0. The average molecular weight is 440 g/mol. The van der Waals surface area contributed by atoms with E-state index in [2.05, 4.69) is 15.3 Å². The van der Waals surface area contributed by atoms with E-state index >= 15 is 0 Å². The average Bonchev–Trinajstić information content (AvgIpc) is 3.42. The Balaban J connectivity index is 1.36. The van der Waals surface area contributed by atoms with Crippen LogP contribution in [0.1, 0.15) is 17.7 Å². The van der Waals surface area contributed by atoms with E-state index in [0.29, 0.717) is 22.2 Å². The number of aromatic nitrogens is 3. The first-order chi connectivity index (χ1) is 14.5. The molecule has 3 heterocycles. The molecule has 1 aliphatic heterocycles. The summed E-state index contributed by atoms with van der Waals surface area (Å²) in [6.07, 6.45) is 8.11. The fourth-order valence-electron chi connectivity index (χ4n) is 3.38. The minimum Gasteiger partial charge on any atom is -0.356 e. The SMILES string of the molecule is Cn1cc(C=C2SC(=S)N(CCC(=O)NCCc3cnc[nH]3)C2=O)c2ccccc21. The molecular formula is C21H21N5O2S2. The van der Waals surface area contributed by atoms with E-state index in [-0.39, 0.29) is 24.8 Å². The molecule has 2 aromatic heterocycles. The van der Waals surface area contributed by atoms with Crippen LogP contribution in [0, 0.1) is 0 Å². The summed E-state index contributed by atoms with van der Waals surface area (Å²) in [7, 11) is 1.98. The highest BCUT2D eigenvalue weighted by molar-refractivity contribution is 8.26. The predicted octanol–water partition coefficient (Wildman–Crippen LogP) is 2.85. The Bertz CT molecular complexity index is 1130. The Morgan fingerprint density at radius 2 is 2.20 bits per heavy atom. The van der Waals surface area contributed by atoms with Crippen molar-refractivity contribution in [1.82, 2.24) is 24.8 Å². The highest BCUT2D eigenvalue weighted by atomic mass is 32.2. The number of hydrogen-bond donors (Lipinski definition) is 2. The van der Waals surface area contributed by atoms with Gasteiger partial charge in [0.05, 0.1) is 11.2 Å². The maximum absolute atomic E-state index is 12.8. The van der Waals surface area contributed by atoms with Gasteiger partial charge in [-0.1, -0.05) is 42.2 Å². The summed E-state index contributed by atoms with van der Waals surface area (Å²) < 4.78 is 2.52. The minimum atomic E-state index is -0.150. The molecule has 30 heavy (non-hydrogen) atoms. The molecule has 0 unspecified atom stereocenters. The smallest absolute Gasteiger partial charge is 0.266 e. The van der Waals surface area contributed by atoms with Crippen LogP contribution in [0.5, 0.6) is 0 Å². The van der Waals surface area contributed by atoms with Gasteiger partial charge in [0.1, 0.15) is 4.32 Å². The molecule has 4 rings (SSSR count). The molecule has 0 saturated carbocycles. The van der Waals surface area contributed by atoms with Gasteiger partial charge in [-0.05, 0) is 12.1 Å². The first kappa shape index (κ1) is 20.4. The second kappa shape index (κ2) is 8.85. The molecule has 154 valence electrons. The van der Waals surface area contributed by atoms with Gasteiger partial charge in [0.15, 0.2) is 0 Å². The van der Waals surface area contributed by atoms with Crippen LogP contribution in [0.15, 0.2) is 47.9 Å². The molecule has 7 nitrogen and oxygen atoms in total. The van der Waals surface area contributed by atoms with Crippen LogP contribution in [-0.4, -0.2) is 48.7 Å². The van der Waals surface area contributed by atoms with Crippen molar-refractivity contribution < 1.29 is 9.59 Å². The van der Waals surface area contributed by atoms with E-state index in [1.165, 1.54) is 16.7 Å². The number of carbonyl (C=O) groups is 2. The number of benzene rings is 1. The molecule has 1 fully saturated rings. The number of nitrogens with one attached hydrogen (secondary N) is 2. The molecular weight excluding hydrogens is 418 g/mol.